The Kier molecular flexibility index (Phi) is 6.77. The van der Waals surface area contributed by atoms with Gasteiger partial charge in [-0.1, -0.05) is 60.7 Å². The highest BCUT2D eigenvalue weighted by molar-refractivity contribution is 6.01. The van der Waals surface area contributed by atoms with Crippen molar-refractivity contribution in [2.75, 3.05) is 31.1 Å². The molecule has 0 aromatic heterocycles. The minimum absolute atomic E-state index is 0.483. The number of anilines is 1. The summed E-state index contributed by atoms with van der Waals surface area (Å²) in [6, 6.07) is 42.3. The number of fused-ring (bicyclic) bond motifs is 12. The minimum Gasteiger partial charge on any atom is -0.457 e. The van der Waals surface area contributed by atoms with Crippen molar-refractivity contribution >= 4 is 32.8 Å². The van der Waals surface area contributed by atoms with E-state index in [1.807, 2.05) is 0 Å². The van der Waals surface area contributed by atoms with Gasteiger partial charge in [-0.2, -0.15) is 0 Å². The lowest BCUT2D eigenvalue weighted by Crippen LogP contribution is -2.44. The molecule has 1 aliphatic carbocycles. The molecule has 57 heavy (non-hydrogen) atoms. The predicted molar refractivity (Wildman–Crippen MR) is 232 cm³/mol. The van der Waals surface area contributed by atoms with E-state index in [2.05, 4.69) is 119 Å². The van der Waals surface area contributed by atoms with Crippen LogP contribution >= 0.6 is 0 Å². The molecule has 0 saturated heterocycles. The summed E-state index contributed by atoms with van der Waals surface area (Å²) in [5.41, 5.74) is 23.9. The van der Waals surface area contributed by atoms with E-state index in [1.54, 1.807) is 11.1 Å². The first-order valence-corrected chi connectivity index (χ1v) is 21.5. The first-order chi connectivity index (χ1) is 28.2. The van der Waals surface area contributed by atoms with Crippen LogP contribution < -0.4 is 30.5 Å². The number of para-hydroxylation sites is 2. The fourth-order valence-corrected chi connectivity index (χ4v) is 12.4. The summed E-state index contributed by atoms with van der Waals surface area (Å²) in [5, 5.41) is 8.38. The Morgan fingerprint density at radius 2 is 1.25 bits per heavy atom. The molecule has 0 amide bonds. The number of nitrogens with two attached hydrogens (primary N) is 1. The normalized spacial score (nSPS) is 18.0. The summed E-state index contributed by atoms with van der Waals surface area (Å²) < 4.78 is 9.60. The summed E-state index contributed by atoms with van der Waals surface area (Å²) in [6.07, 6.45) is 9.41. The Balaban J connectivity index is 1.29. The lowest BCUT2D eigenvalue weighted by molar-refractivity contribution is 0.433. The molecule has 4 heteroatoms. The van der Waals surface area contributed by atoms with Gasteiger partial charge >= 0.3 is 0 Å². The van der Waals surface area contributed by atoms with Crippen molar-refractivity contribution < 1.29 is 4.74 Å². The van der Waals surface area contributed by atoms with E-state index in [0.29, 0.717) is 6.54 Å². The summed E-state index contributed by atoms with van der Waals surface area (Å²) in [6.45, 7) is 5.13. The molecule has 4 nitrogen and oxygen atoms in total. The smallest absolute Gasteiger partial charge is 0.206 e. The van der Waals surface area contributed by atoms with E-state index in [0.717, 1.165) is 63.4 Å². The second kappa shape index (κ2) is 11.9. The molecule has 0 bridgehead atoms. The zero-order valence-electron chi connectivity index (χ0n) is 32.5. The lowest BCUT2D eigenvalue weighted by Gasteiger charge is -2.45. The van der Waals surface area contributed by atoms with Crippen LogP contribution in [0, 0.1) is 0 Å². The van der Waals surface area contributed by atoms with E-state index in [9.17, 15) is 0 Å². The molecular weight excluding hydrogens is 695 g/mol. The van der Waals surface area contributed by atoms with Crippen LogP contribution in [0.5, 0.6) is 11.5 Å². The largest absolute Gasteiger partial charge is 0.457 e. The molecular formula is C53H46N3O+. The van der Waals surface area contributed by atoms with Gasteiger partial charge in [0.05, 0.1) is 5.41 Å². The molecule has 7 aromatic rings. The van der Waals surface area contributed by atoms with E-state index < -0.39 is 5.41 Å². The third-order valence-corrected chi connectivity index (χ3v) is 14.6. The van der Waals surface area contributed by atoms with Crippen molar-refractivity contribution in [2.24, 2.45) is 5.73 Å². The maximum absolute atomic E-state index is 6.91. The summed E-state index contributed by atoms with van der Waals surface area (Å²) in [7, 11) is 0. The van der Waals surface area contributed by atoms with E-state index in [-0.39, 0.29) is 0 Å². The molecule has 5 aliphatic heterocycles. The third kappa shape index (κ3) is 4.29. The van der Waals surface area contributed by atoms with Crippen LogP contribution in [0.3, 0.4) is 0 Å². The van der Waals surface area contributed by atoms with Gasteiger partial charge in [0.1, 0.15) is 24.6 Å². The van der Waals surface area contributed by atoms with Crippen LogP contribution in [0.2, 0.25) is 0 Å². The molecule has 6 aliphatic rings. The zero-order valence-corrected chi connectivity index (χ0v) is 32.5. The van der Waals surface area contributed by atoms with Crippen molar-refractivity contribution in [1.29, 1.82) is 0 Å². The molecule has 0 saturated carbocycles. The number of ether oxygens (including phenoxy) is 1. The average Bonchev–Trinajstić information content (AvgIpc) is 3.26. The van der Waals surface area contributed by atoms with Gasteiger partial charge in [0.2, 0.25) is 5.36 Å². The SMILES string of the molecule is NCc1ccccc1C1=c2cc3cc4c5c(c3cc2C2(c3ccccc3Oc3ccccc32)c2cc3c6c7c(cc3cc21)CCCN7CCC6)CCC[N+]=5CCC4. The first kappa shape index (κ1) is 32.4. The molecule has 278 valence electrons. The highest BCUT2D eigenvalue weighted by Gasteiger charge is 2.50. The van der Waals surface area contributed by atoms with Crippen LogP contribution in [-0.4, -0.2) is 26.2 Å². The lowest BCUT2D eigenvalue weighted by atomic mass is 9.58. The molecule has 0 unspecified atom stereocenters. The van der Waals surface area contributed by atoms with Crippen molar-refractivity contribution in [3.63, 3.8) is 0 Å². The number of nitrogens with zero attached hydrogens (tertiary/aromatic N) is 2. The van der Waals surface area contributed by atoms with Gasteiger partial charge in [0.25, 0.3) is 0 Å². The number of hydrogen-bond acceptors (Lipinski definition) is 3. The van der Waals surface area contributed by atoms with Gasteiger partial charge in [-0.3, -0.25) is 0 Å². The summed E-state index contributed by atoms with van der Waals surface area (Å²) in [4.78, 5) is 2.69. The van der Waals surface area contributed by atoms with E-state index in [1.165, 1.54) is 119 Å². The van der Waals surface area contributed by atoms with Crippen molar-refractivity contribution in [2.45, 2.75) is 63.3 Å². The summed E-state index contributed by atoms with van der Waals surface area (Å²) in [5.74, 6) is 1.88. The monoisotopic (exact) mass is 740 g/mol. The van der Waals surface area contributed by atoms with Crippen LogP contribution in [-0.2, 0) is 37.6 Å². The van der Waals surface area contributed by atoms with Gasteiger partial charge in [0, 0.05) is 60.4 Å². The second-order valence-electron chi connectivity index (χ2n) is 17.4. The third-order valence-electron chi connectivity index (χ3n) is 14.6. The average molecular weight is 741 g/mol. The van der Waals surface area contributed by atoms with Crippen LogP contribution in [0.25, 0.3) is 27.1 Å². The number of aryl methyl sites for hydroxylation is 4. The standard InChI is InChI=1S/C53H46N3O/c54-31-34-11-1-2-14-37(34)50-42-27-35-25-32-12-7-21-55-23-9-15-38(51(32)55)40(35)29-46(42)53(44-17-3-5-19-48(44)57-49-20-6-4-18-45(49)53)47-30-41-36(28-43(47)50)26-33-13-8-22-56-24-10-16-39(41)52(33)56/h1-6,11,14,17-20,25-30H,7-10,12-13,15-16,21-24,31,54H2/q+1. The fourth-order valence-electron chi connectivity index (χ4n) is 12.4. The van der Waals surface area contributed by atoms with Crippen LogP contribution in [0.15, 0.2) is 109 Å². The number of rotatable bonds is 2. The van der Waals surface area contributed by atoms with Gasteiger partial charge in [-0.15, -0.1) is 0 Å². The van der Waals surface area contributed by atoms with Crippen LogP contribution in [0.4, 0.5) is 5.69 Å². The Hall–Kier alpha value is -5.71. The van der Waals surface area contributed by atoms with Gasteiger partial charge in [-0.05, 0) is 158 Å². The Labute approximate surface area is 333 Å². The minimum atomic E-state index is -0.617. The Morgan fingerprint density at radius 3 is 2.07 bits per heavy atom. The van der Waals surface area contributed by atoms with Crippen LogP contribution in [0.1, 0.15) is 86.9 Å². The Bertz CT molecular complexity index is 3010. The number of benzene rings is 7. The molecule has 13 rings (SSSR count). The zero-order chi connectivity index (χ0) is 37.4. The molecule has 7 aromatic carbocycles. The molecule has 0 radical (unpaired) electrons. The second-order valence-corrected chi connectivity index (χ2v) is 17.4. The van der Waals surface area contributed by atoms with Crippen molar-refractivity contribution in [1.82, 2.24) is 4.58 Å². The summed E-state index contributed by atoms with van der Waals surface area (Å²) >= 11 is 0. The molecule has 0 atom stereocenters. The molecule has 5 heterocycles. The highest BCUT2D eigenvalue weighted by atomic mass is 16.5. The van der Waals surface area contributed by atoms with E-state index >= 15 is 0 Å². The molecule has 2 N–H and O–H groups in total. The molecule has 0 fully saturated rings. The highest BCUT2D eigenvalue weighted by Crippen LogP contribution is 2.58. The topological polar surface area (TPSA) is 41.5 Å². The Morgan fingerprint density at radius 1 is 0.596 bits per heavy atom. The predicted octanol–water partition coefficient (Wildman–Crippen LogP) is 8.58. The van der Waals surface area contributed by atoms with Gasteiger partial charge in [0.15, 0.2) is 0 Å². The fraction of sp³-hybridized carbons (Fsp3) is 0.264. The number of hydrogen-bond donors (Lipinski definition) is 1. The quantitative estimate of drug-likeness (QED) is 0.181. The molecule has 1 spiro atoms. The maximum atomic E-state index is 6.91. The first-order valence-electron chi connectivity index (χ1n) is 21.5. The van der Waals surface area contributed by atoms with Gasteiger partial charge < -0.3 is 15.4 Å². The van der Waals surface area contributed by atoms with Crippen molar-refractivity contribution in [3.05, 3.63) is 181 Å². The van der Waals surface area contributed by atoms with Crippen molar-refractivity contribution in [3.8, 4) is 11.5 Å². The maximum Gasteiger partial charge on any atom is 0.206 e. The van der Waals surface area contributed by atoms with E-state index in [4.69, 9.17) is 10.5 Å². The van der Waals surface area contributed by atoms with Gasteiger partial charge in [-0.25, -0.2) is 4.58 Å².